The van der Waals surface area contributed by atoms with Crippen LogP contribution in [0.4, 0.5) is 0 Å². The molecule has 82 valence electrons. The quantitative estimate of drug-likeness (QED) is 0.824. The lowest BCUT2D eigenvalue weighted by Crippen LogP contribution is -2.31. The lowest BCUT2D eigenvalue weighted by molar-refractivity contribution is 0.0935. The average molecular weight is 337 g/mol. The molecule has 0 radical (unpaired) electrons. The van der Waals surface area contributed by atoms with Crippen molar-refractivity contribution in [2.24, 2.45) is 5.41 Å². The number of halogens is 1. The Hall–Kier alpha value is -0.140. The number of nitrogens with one attached hydrogen (secondary N) is 1. The van der Waals surface area contributed by atoms with E-state index in [-0.39, 0.29) is 17.9 Å². The first-order valence-corrected chi connectivity index (χ1v) is 6.74. The minimum Gasteiger partial charge on any atom is -0.396 e. The Bertz CT molecular complexity index is 373. The number of carbonyl (C=O) groups excluding carboxylic acids is 1. The van der Waals surface area contributed by atoms with Crippen LogP contribution in [0.1, 0.15) is 23.2 Å². The van der Waals surface area contributed by atoms with Crippen molar-refractivity contribution < 1.29 is 9.90 Å². The molecule has 0 saturated heterocycles. The second-order valence-corrected chi connectivity index (χ2v) is 6.79. The van der Waals surface area contributed by atoms with Crippen molar-refractivity contribution in [3.63, 3.8) is 0 Å². The Labute approximate surface area is 106 Å². The van der Waals surface area contributed by atoms with E-state index in [1.807, 2.05) is 11.4 Å². The van der Waals surface area contributed by atoms with Crippen LogP contribution < -0.4 is 5.32 Å². The first-order valence-electron chi connectivity index (χ1n) is 4.78. The molecule has 0 aromatic carbocycles. The molecule has 1 aromatic rings. The van der Waals surface area contributed by atoms with Gasteiger partial charge in [-0.2, -0.15) is 0 Å². The van der Waals surface area contributed by atoms with E-state index in [1.54, 1.807) is 11.3 Å². The molecule has 15 heavy (non-hydrogen) atoms. The van der Waals surface area contributed by atoms with Gasteiger partial charge < -0.3 is 10.4 Å². The third-order valence-corrected chi connectivity index (χ3v) is 4.54. The zero-order chi connectivity index (χ0) is 10.9. The molecule has 0 bridgehead atoms. The molecular weight excluding hydrogens is 325 g/mol. The summed E-state index contributed by atoms with van der Waals surface area (Å²) in [7, 11) is 0. The lowest BCUT2D eigenvalue weighted by atomic mass is 10.1. The highest BCUT2D eigenvalue weighted by Gasteiger charge is 2.42. The van der Waals surface area contributed by atoms with Crippen LogP contribution in [0.25, 0.3) is 0 Å². The topological polar surface area (TPSA) is 49.3 Å². The van der Waals surface area contributed by atoms with Crippen molar-refractivity contribution in [2.75, 3.05) is 13.2 Å². The zero-order valence-electron chi connectivity index (χ0n) is 8.12. The second-order valence-electron chi connectivity index (χ2n) is 3.98. The number of hydrogen-bond acceptors (Lipinski definition) is 3. The Morgan fingerprint density at radius 1 is 1.67 bits per heavy atom. The van der Waals surface area contributed by atoms with E-state index >= 15 is 0 Å². The molecule has 1 saturated carbocycles. The van der Waals surface area contributed by atoms with Gasteiger partial charge in [0.1, 0.15) is 0 Å². The fourth-order valence-electron chi connectivity index (χ4n) is 1.37. The molecule has 1 aliphatic carbocycles. The molecule has 0 atom stereocenters. The summed E-state index contributed by atoms with van der Waals surface area (Å²) in [6.45, 7) is 0.767. The summed E-state index contributed by atoms with van der Waals surface area (Å²) in [5.41, 5.74) is 0.705. The van der Waals surface area contributed by atoms with Gasteiger partial charge in [-0.3, -0.25) is 4.79 Å². The van der Waals surface area contributed by atoms with Crippen molar-refractivity contribution in [3.8, 4) is 0 Å². The van der Waals surface area contributed by atoms with Gasteiger partial charge in [-0.1, -0.05) is 0 Å². The highest BCUT2D eigenvalue weighted by molar-refractivity contribution is 14.1. The fraction of sp³-hybridized carbons (Fsp3) is 0.500. The van der Waals surface area contributed by atoms with Crippen LogP contribution >= 0.6 is 33.9 Å². The van der Waals surface area contributed by atoms with Gasteiger partial charge >= 0.3 is 0 Å². The standard InChI is InChI=1S/C10H12INO2S/c11-8-3-7(4-15-8)9(14)12-5-10(6-13)1-2-10/h3-4,13H,1-2,5-6H2,(H,12,14). The normalized spacial score (nSPS) is 17.5. The predicted molar refractivity (Wildman–Crippen MR) is 68.1 cm³/mol. The van der Waals surface area contributed by atoms with Gasteiger partial charge in [0.15, 0.2) is 0 Å². The van der Waals surface area contributed by atoms with Crippen molar-refractivity contribution in [3.05, 3.63) is 19.9 Å². The van der Waals surface area contributed by atoms with E-state index < -0.39 is 0 Å². The largest absolute Gasteiger partial charge is 0.396 e. The van der Waals surface area contributed by atoms with Crippen molar-refractivity contribution >= 4 is 39.8 Å². The summed E-state index contributed by atoms with van der Waals surface area (Å²) >= 11 is 3.76. The third-order valence-electron chi connectivity index (χ3n) is 2.75. The Morgan fingerprint density at radius 3 is 2.87 bits per heavy atom. The van der Waals surface area contributed by atoms with Crippen molar-refractivity contribution in [2.45, 2.75) is 12.8 Å². The van der Waals surface area contributed by atoms with Gasteiger partial charge in [0, 0.05) is 17.3 Å². The number of aliphatic hydroxyl groups is 1. The summed E-state index contributed by atoms with van der Waals surface area (Å²) in [5.74, 6) is -0.0334. The monoisotopic (exact) mass is 337 g/mol. The molecule has 5 heteroatoms. The molecule has 1 aliphatic rings. The minimum atomic E-state index is -0.0334. The number of amides is 1. The van der Waals surface area contributed by atoms with Crippen molar-refractivity contribution in [1.82, 2.24) is 5.32 Å². The molecule has 0 unspecified atom stereocenters. The van der Waals surface area contributed by atoms with Gasteiger partial charge in [0.05, 0.1) is 15.1 Å². The van der Waals surface area contributed by atoms with Crippen LogP contribution in [0.2, 0.25) is 0 Å². The van der Waals surface area contributed by atoms with Gasteiger partial charge in [0.2, 0.25) is 0 Å². The molecule has 0 aliphatic heterocycles. The minimum absolute atomic E-state index is 0.0150. The summed E-state index contributed by atoms with van der Waals surface area (Å²) in [5, 5.41) is 13.8. The molecule has 0 spiro atoms. The van der Waals surface area contributed by atoms with E-state index in [1.165, 1.54) is 0 Å². The highest BCUT2D eigenvalue weighted by atomic mass is 127. The van der Waals surface area contributed by atoms with E-state index in [9.17, 15) is 4.79 Å². The first-order chi connectivity index (χ1) is 7.15. The van der Waals surface area contributed by atoms with Gasteiger partial charge in [-0.15, -0.1) is 11.3 Å². The van der Waals surface area contributed by atoms with Gasteiger partial charge in [-0.05, 0) is 41.5 Å². The smallest absolute Gasteiger partial charge is 0.252 e. The molecule has 1 aromatic heterocycles. The number of aliphatic hydroxyl groups excluding tert-OH is 1. The second kappa shape index (κ2) is 4.39. The summed E-state index contributed by atoms with van der Waals surface area (Å²) in [4.78, 5) is 11.7. The maximum atomic E-state index is 11.7. The number of hydrogen-bond donors (Lipinski definition) is 2. The molecule has 3 nitrogen and oxygen atoms in total. The molecular formula is C10H12INO2S. The summed E-state index contributed by atoms with van der Waals surface area (Å²) in [6, 6.07) is 1.87. The van der Waals surface area contributed by atoms with E-state index in [2.05, 4.69) is 27.9 Å². The van der Waals surface area contributed by atoms with Crippen molar-refractivity contribution in [1.29, 1.82) is 0 Å². The van der Waals surface area contributed by atoms with E-state index in [4.69, 9.17) is 5.11 Å². The Balaban J connectivity index is 1.88. The molecule has 1 amide bonds. The highest BCUT2D eigenvalue weighted by Crippen LogP contribution is 2.44. The summed E-state index contributed by atoms with van der Waals surface area (Å²) in [6.07, 6.45) is 2.04. The maximum absolute atomic E-state index is 11.7. The lowest BCUT2D eigenvalue weighted by Gasteiger charge is -2.11. The van der Waals surface area contributed by atoms with Crippen LogP contribution in [-0.2, 0) is 0 Å². The summed E-state index contributed by atoms with van der Waals surface area (Å²) < 4.78 is 1.11. The Morgan fingerprint density at radius 2 is 2.40 bits per heavy atom. The SMILES string of the molecule is O=C(NCC1(CO)CC1)c1csc(I)c1. The van der Waals surface area contributed by atoms with Crippen LogP contribution in [0, 0.1) is 8.30 Å². The maximum Gasteiger partial charge on any atom is 0.252 e. The first kappa shape index (κ1) is 11.3. The predicted octanol–water partition coefficient (Wildman–Crippen LogP) is 1.85. The van der Waals surface area contributed by atoms with E-state index in [0.717, 1.165) is 21.3 Å². The van der Waals surface area contributed by atoms with Crippen LogP contribution in [0.5, 0.6) is 0 Å². The van der Waals surface area contributed by atoms with Gasteiger partial charge in [0.25, 0.3) is 5.91 Å². The average Bonchev–Trinajstić information content (AvgIpc) is 2.90. The zero-order valence-corrected chi connectivity index (χ0v) is 11.1. The molecule has 1 heterocycles. The van der Waals surface area contributed by atoms with Gasteiger partial charge in [-0.25, -0.2) is 0 Å². The molecule has 2 rings (SSSR count). The third kappa shape index (κ3) is 2.70. The molecule has 2 N–H and O–H groups in total. The Kier molecular flexibility index (Phi) is 3.32. The van der Waals surface area contributed by atoms with Crippen LogP contribution in [-0.4, -0.2) is 24.2 Å². The van der Waals surface area contributed by atoms with Crippen LogP contribution in [0.15, 0.2) is 11.4 Å². The molecule has 1 fully saturated rings. The number of rotatable bonds is 4. The number of thiophene rings is 1. The van der Waals surface area contributed by atoms with E-state index in [0.29, 0.717) is 6.54 Å². The van der Waals surface area contributed by atoms with Crippen LogP contribution in [0.3, 0.4) is 0 Å². The number of carbonyl (C=O) groups is 1. The fourth-order valence-corrected chi connectivity index (χ4v) is 2.69.